The SMILES string of the molecule is O=C(O)C1CN(C(=O)N(CCO)CC(F)F)CCO1. The van der Waals surface area contributed by atoms with Crippen molar-refractivity contribution in [3.63, 3.8) is 0 Å². The van der Waals surface area contributed by atoms with Crippen LogP contribution in [-0.2, 0) is 9.53 Å². The second kappa shape index (κ2) is 7.19. The number of rotatable bonds is 5. The summed E-state index contributed by atoms with van der Waals surface area (Å²) in [5.74, 6) is -1.21. The number of amides is 2. The molecule has 1 fully saturated rings. The number of morpholine rings is 1. The van der Waals surface area contributed by atoms with Gasteiger partial charge in [0, 0.05) is 13.1 Å². The van der Waals surface area contributed by atoms with E-state index in [1.54, 1.807) is 0 Å². The fraction of sp³-hybridized carbons (Fsp3) is 0.800. The molecule has 0 aromatic carbocycles. The van der Waals surface area contributed by atoms with Crippen LogP contribution in [0.1, 0.15) is 0 Å². The van der Waals surface area contributed by atoms with E-state index >= 15 is 0 Å². The first-order valence-corrected chi connectivity index (χ1v) is 5.73. The van der Waals surface area contributed by atoms with Gasteiger partial charge in [0.25, 0.3) is 6.43 Å². The zero-order chi connectivity index (χ0) is 14.4. The number of nitrogens with zero attached hydrogens (tertiary/aromatic N) is 2. The van der Waals surface area contributed by atoms with Crippen LogP contribution in [0.25, 0.3) is 0 Å². The number of halogens is 2. The fourth-order valence-electron chi connectivity index (χ4n) is 1.72. The average Bonchev–Trinajstić information content (AvgIpc) is 2.37. The molecule has 2 amide bonds. The Morgan fingerprint density at radius 1 is 1.47 bits per heavy atom. The lowest BCUT2D eigenvalue weighted by atomic mass is 10.3. The monoisotopic (exact) mass is 282 g/mol. The van der Waals surface area contributed by atoms with Crippen molar-refractivity contribution in [2.45, 2.75) is 12.5 Å². The summed E-state index contributed by atoms with van der Waals surface area (Å²) in [7, 11) is 0. The lowest BCUT2D eigenvalue weighted by molar-refractivity contribution is -0.154. The van der Waals surface area contributed by atoms with E-state index in [1.165, 1.54) is 0 Å². The maximum atomic E-state index is 12.3. The van der Waals surface area contributed by atoms with E-state index < -0.39 is 37.7 Å². The Labute approximate surface area is 108 Å². The molecule has 0 aliphatic carbocycles. The highest BCUT2D eigenvalue weighted by Gasteiger charge is 2.31. The first-order valence-electron chi connectivity index (χ1n) is 5.73. The van der Waals surface area contributed by atoms with E-state index in [4.69, 9.17) is 14.9 Å². The van der Waals surface area contributed by atoms with Crippen molar-refractivity contribution in [1.29, 1.82) is 0 Å². The molecule has 0 radical (unpaired) electrons. The summed E-state index contributed by atoms with van der Waals surface area (Å²) in [5.41, 5.74) is 0. The number of urea groups is 1. The van der Waals surface area contributed by atoms with Gasteiger partial charge in [-0.15, -0.1) is 0 Å². The van der Waals surface area contributed by atoms with E-state index in [2.05, 4.69) is 0 Å². The molecule has 1 aliphatic heterocycles. The van der Waals surface area contributed by atoms with Crippen LogP contribution < -0.4 is 0 Å². The Hall–Kier alpha value is -1.48. The normalized spacial score (nSPS) is 19.6. The topological polar surface area (TPSA) is 90.3 Å². The minimum atomic E-state index is -2.72. The Bertz CT molecular complexity index is 329. The summed E-state index contributed by atoms with van der Waals surface area (Å²) in [6.45, 7) is -1.49. The van der Waals surface area contributed by atoms with Crippen LogP contribution in [0.4, 0.5) is 13.6 Å². The first kappa shape index (κ1) is 15.6. The van der Waals surface area contributed by atoms with Crippen LogP contribution in [0.5, 0.6) is 0 Å². The number of aliphatic hydroxyl groups excluding tert-OH is 1. The highest BCUT2D eigenvalue weighted by atomic mass is 19.3. The molecule has 1 rings (SSSR count). The molecule has 7 nitrogen and oxygen atoms in total. The lowest BCUT2D eigenvalue weighted by Gasteiger charge is -2.34. The van der Waals surface area contributed by atoms with Gasteiger partial charge in [-0.3, -0.25) is 0 Å². The predicted molar refractivity (Wildman–Crippen MR) is 59.0 cm³/mol. The molecule has 0 saturated carbocycles. The van der Waals surface area contributed by atoms with E-state index in [1.807, 2.05) is 0 Å². The minimum absolute atomic E-state index is 0.0321. The van der Waals surface area contributed by atoms with Crippen LogP contribution in [-0.4, -0.2) is 83.9 Å². The third-order valence-corrected chi connectivity index (χ3v) is 2.61. The van der Waals surface area contributed by atoms with Crippen LogP contribution in [0.15, 0.2) is 0 Å². The molecule has 0 spiro atoms. The van der Waals surface area contributed by atoms with Crippen LogP contribution in [0.3, 0.4) is 0 Å². The molecule has 0 bridgehead atoms. The molecule has 1 aliphatic rings. The maximum Gasteiger partial charge on any atom is 0.334 e. The van der Waals surface area contributed by atoms with Crippen molar-refractivity contribution < 1.29 is 33.3 Å². The maximum absolute atomic E-state index is 12.3. The van der Waals surface area contributed by atoms with Gasteiger partial charge in [-0.2, -0.15) is 0 Å². The molecular weight excluding hydrogens is 266 g/mol. The predicted octanol–water partition coefficient (Wildman–Crippen LogP) is -0.549. The highest BCUT2D eigenvalue weighted by molar-refractivity contribution is 5.77. The number of aliphatic hydroxyl groups is 1. The summed E-state index contributed by atoms with van der Waals surface area (Å²) >= 11 is 0. The summed E-state index contributed by atoms with van der Waals surface area (Å²) in [5, 5.41) is 17.5. The Kier molecular flexibility index (Phi) is 5.90. The van der Waals surface area contributed by atoms with Crippen molar-refractivity contribution in [3.8, 4) is 0 Å². The van der Waals surface area contributed by atoms with E-state index in [9.17, 15) is 18.4 Å². The van der Waals surface area contributed by atoms with Crippen LogP contribution in [0.2, 0.25) is 0 Å². The fourth-order valence-corrected chi connectivity index (χ4v) is 1.72. The van der Waals surface area contributed by atoms with Crippen molar-refractivity contribution in [2.75, 3.05) is 39.4 Å². The number of carboxylic acid groups (broad SMARTS) is 1. The summed E-state index contributed by atoms with van der Waals surface area (Å²) < 4.78 is 29.6. The van der Waals surface area contributed by atoms with Gasteiger partial charge in [0.15, 0.2) is 6.10 Å². The second-order valence-corrected chi connectivity index (χ2v) is 3.99. The van der Waals surface area contributed by atoms with Crippen LogP contribution in [0, 0.1) is 0 Å². The molecule has 1 heterocycles. The minimum Gasteiger partial charge on any atom is -0.479 e. The number of aliphatic carboxylic acids is 1. The first-order chi connectivity index (χ1) is 8.95. The number of ether oxygens (including phenoxy) is 1. The second-order valence-electron chi connectivity index (χ2n) is 3.99. The largest absolute Gasteiger partial charge is 0.479 e. The van der Waals surface area contributed by atoms with Crippen molar-refractivity contribution in [2.24, 2.45) is 0 Å². The third kappa shape index (κ3) is 4.60. The van der Waals surface area contributed by atoms with Gasteiger partial charge in [0.2, 0.25) is 0 Å². The highest BCUT2D eigenvalue weighted by Crippen LogP contribution is 2.10. The molecule has 0 aromatic heterocycles. The van der Waals surface area contributed by atoms with Crippen molar-refractivity contribution >= 4 is 12.0 Å². The number of carboxylic acids is 1. The smallest absolute Gasteiger partial charge is 0.334 e. The van der Waals surface area contributed by atoms with Crippen LogP contribution >= 0.6 is 0 Å². The quantitative estimate of drug-likeness (QED) is 0.706. The summed E-state index contributed by atoms with van der Waals surface area (Å²) in [6.07, 6.45) is -3.87. The molecule has 1 unspecified atom stereocenters. The van der Waals surface area contributed by atoms with Gasteiger partial charge in [0.05, 0.1) is 26.3 Å². The number of carbonyl (C=O) groups excluding carboxylic acids is 1. The lowest BCUT2D eigenvalue weighted by Crippen LogP contribution is -2.54. The Balaban J connectivity index is 2.64. The average molecular weight is 282 g/mol. The Morgan fingerprint density at radius 2 is 2.16 bits per heavy atom. The molecule has 19 heavy (non-hydrogen) atoms. The van der Waals surface area contributed by atoms with E-state index in [-0.39, 0.29) is 26.2 Å². The zero-order valence-electron chi connectivity index (χ0n) is 10.2. The molecule has 9 heteroatoms. The molecule has 0 aromatic rings. The van der Waals surface area contributed by atoms with E-state index in [0.29, 0.717) is 0 Å². The van der Waals surface area contributed by atoms with Gasteiger partial charge in [-0.05, 0) is 0 Å². The van der Waals surface area contributed by atoms with Gasteiger partial charge < -0.3 is 24.7 Å². The van der Waals surface area contributed by atoms with Gasteiger partial charge in [-0.25, -0.2) is 18.4 Å². The number of carbonyl (C=O) groups is 2. The number of alkyl halides is 2. The number of hydrogen-bond donors (Lipinski definition) is 2. The zero-order valence-corrected chi connectivity index (χ0v) is 10.2. The molecule has 110 valence electrons. The molecule has 2 N–H and O–H groups in total. The molecular formula is C10H16F2N2O5. The molecule has 1 atom stereocenters. The van der Waals surface area contributed by atoms with Crippen molar-refractivity contribution in [3.05, 3.63) is 0 Å². The number of hydrogen-bond acceptors (Lipinski definition) is 4. The Morgan fingerprint density at radius 3 is 2.68 bits per heavy atom. The van der Waals surface area contributed by atoms with E-state index in [0.717, 1.165) is 9.80 Å². The third-order valence-electron chi connectivity index (χ3n) is 2.61. The summed E-state index contributed by atoms with van der Waals surface area (Å²) in [6, 6.07) is -0.719. The molecule has 1 saturated heterocycles. The summed E-state index contributed by atoms with van der Waals surface area (Å²) in [4.78, 5) is 24.6. The van der Waals surface area contributed by atoms with Gasteiger partial charge >= 0.3 is 12.0 Å². The van der Waals surface area contributed by atoms with Crippen molar-refractivity contribution in [1.82, 2.24) is 9.80 Å². The standard InChI is InChI=1S/C10H16F2N2O5/c11-8(12)6-13(1-3-15)10(18)14-2-4-19-7(5-14)9(16)17/h7-8,15H,1-6H2,(H,16,17). The van der Waals surface area contributed by atoms with Gasteiger partial charge in [0.1, 0.15) is 0 Å². The van der Waals surface area contributed by atoms with Gasteiger partial charge in [-0.1, -0.05) is 0 Å².